The molecule has 0 aliphatic rings. The average Bonchev–Trinajstić information content (AvgIpc) is 3.24. The summed E-state index contributed by atoms with van der Waals surface area (Å²) in [7, 11) is 0. The summed E-state index contributed by atoms with van der Waals surface area (Å²) in [6, 6.07) is 0. The van der Waals surface area contributed by atoms with E-state index in [9.17, 15) is 14.7 Å². The summed E-state index contributed by atoms with van der Waals surface area (Å²) in [6.07, 6.45) is 71.8. The summed E-state index contributed by atoms with van der Waals surface area (Å²) in [4.78, 5) is 24.1. The van der Waals surface area contributed by atoms with E-state index in [-0.39, 0.29) is 25.2 Å². The number of aliphatic hydroxyl groups is 1. The highest BCUT2D eigenvalue weighted by atomic mass is 16.6. The number of rotatable bonds is 41. The topological polar surface area (TPSA) is 72.8 Å². The molecule has 0 aliphatic carbocycles. The number of carbonyl (C=O) groups is 2. The van der Waals surface area contributed by atoms with Crippen molar-refractivity contribution in [2.24, 2.45) is 0 Å². The number of aliphatic hydroxyl groups excluding tert-OH is 1. The highest BCUT2D eigenvalue weighted by molar-refractivity contribution is 5.70. The molecule has 0 amide bonds. The smallest absolute Gasteiger partial charge is 0.306 e. The van der Waals surface area contributed by atoms with E-state index in [2.05, 4.69) is 135 Å². The van der Waals surface area contributed by atoms with Gasteiger partial charge in [-0.1, -0.05) is 206 Å². The molecule has 1 unspecified atom stereocenters. The van der Waals surface area contributed by atoms with Crippen molar-refractivity contribution in [3.8, 4) is 0 Å². The predicted octanol–water partition coefficient (Wildman–Crippen LogP) is 15.6. The second-order valence-corrected chi connectivity index (χ2v) is 15.1. The fourth-order valence-corrected chi connectivity index (χ4v) is 5.99. The highest BCUT2D eigenvalue weighted by Gasteiger charge is 2.16. The second kappa shape index (κ2) is 48.7. The van der Waals surface area contributed by atoms with Crippen molar-refractivity contribution in [1.29, 1.82) is 0 Å². The summed E-state index contributed by atoms with van der Waals surface area (Å²) >= 11 is 0. The average molecular weight is 815 g/mol. The van der Waals surface area contributed by atoms with E-state index in [4.69, 9.17) is 9.47 Å². The number of carbonyl (C=O) groups excluding carboxylic acids is 2. The molecule has 0 aromatic rings. The van der Waals surface area contributed by atoms with Crippen molar-refractivity contribution >= 4 is 11.9 Å². The van der Waals surface area contributed by atoms with E-state index in [1.165, 1.54) is 51.4 Å². The van der Waals surface area contributed by atoms with Gasteiger partial charge in [0.2, 0.25) is 0 Å². The Bertz CT molecular complexity index is 1240. The first kappa shape index (κ1) is 55.3. The van der Waals surface area contributed by atoms with Crippen LogP contribution in [0.25, 0.3) is 0 Å². The van der Waals surface area contributed by atoms with Crippen molar-refractivity contribution in [1.82, 2.24) is 0 Å². The van der Waals surface area contributed by atoms with Gasteiger partial charge >= 0.3 is 11.9 Å². The zero-order chi connectivity index (χ0) is 42.8. The number of hydrogen-bond donors (Lipinski definition) is 1. The lowest BCUT2D eigenvalue weighted by Crippen LogP contribution is -2.28. The van der Waals surface area contributed by atoms with Crippen LogP contribution in [-0.4, -0.2) is 36.4 Å². The van der Waals surface area contributed by atoms with E-state index in [0.29, 0.717) is 12.8 Å². The van der Waals surface area contributed by atoms with Crippen LogP contribution < -0.4 is 0 Å². The molecule has 0 radical (unpaired) electrons. The molecule has 0 aliphatic heterocycles. The molecule has 0 rings (SSSR count). The number of hydrogen-bond acceptors (Lipinski definition) is 5. The van der Waals surface area contributed by atoms with Gasteiger partial charge < -0.3 is 14.6 Å². The maximum absolute atomic E-state index is 12.2. The zero-order valence-electron chi connectivity index (χ0n) is 37.7. The van der Waals surface area contributed by atoms with Crippen LogP contribution in [0, 0.1) is 0 Å². The van der Waals surface area contributed by atoms with Crippen molar-refractivity contribution in [3.63, 3.8) is 0 Å². The van der Waals surface area contributed by atoms with Gasteiger partial charge in [-0.2, -0.15) is 0 Å². The first-order valence-electron chi connectivity index (χ1n) is 23.6. The van der Waals surface area contributed by atoms with E-state index >= 15 is 0 Å². The van der Waals surface area contributed by atoms with Gasteiger partial charge in [0.1, 0.15) is 6.61 Å². The van der Waals surface area contributed by atoms with Crippen molar-refractivity contribution < 1.29 is 24.2 Å². The monoisotopic (exact) mass is 815 g/mol. The molecule has 59 heavy (non-hydrogen) atoms. The minimum Gasteiger partial charge on any atom is -0.462 e. The lowest BCUT2D eigenvalue weighted by molar-refractivity contribution is -0.161. The summed E-state index contributed by atoms with van der Waals surface area (Å²) in [5.41, 5.74) is 0. The SMILES string of the molecule is CC/C=C\C/C=C\C/C=C\C/C=C\C/C=C\C/C=C\C/C=C\C/C=C\C/C=C\C/C=C\CCCCCCCCCCC(=O)OC(CO)COC(=O)CCCCCCCC. The Morgan fingerprint density at radius 1 is 0.407 bits per heavy atom. The van der Waals surface area contributed by atoms with Crippen LogP contribution in [0.15, 0.2) is 122 Å². The lowest BCUT2D eigenvalue weighted by atomic mass is 10.1. The normalized spacial score (nSPS) is 13.3. The molecule has 0 saturated heterocycles. The molecule has 0 aromatic carbocycles. The van der Waals surface area contributed by atoms with Crippen LogP contribution in [0.5, 0.6) is 0 Å². The van der Waals surface area contributed by atoms with Crippen LogP contribution in [-0.2, 0) is 19.1 Å². The molecule has 5 heteroatoms. The van der Waals surface area contributed by atoms with Gasteiger partial charge in [-0.3, -0.25) is 9.59 Å². The highest BCUT2D eigenvalue weighted by Crippen LogP contribution is 2.12. The fourth-order valence-electron chi connectivity index (χ4n) is 5.99. The molecule has 0 bridgehead atoms. The third-order valence-corrected chi connectivity index (χ3v) is 9.52. The maximum Gasteiger partial charge on any atom is 0.306 e. The van der Waals surface area contributed by atoms with Crippen LogP contribution in [0.2, 0.25) is 0 Å². The van der Waals surface area contributed by atoms with Gasteiger partial charge in [-0.05, 0) is 89.9 Å². The van der Waals surface area contributed by atoms with Gasteiger partial charge in [-0.15, -0.1) is 0 Å². The molecule has 1 atom stereocenters. The van der Waals surface area contributed by atoms with E-state index < -0.39 is 6.10 Å². The number of allylic oxidation sites excluding steroid dienone is 20. The first-order valence-corrected chi connectivity index (χ1v) is 23.6. The molecule has 5 nitrogen and oxygen atoms in total. The Balaban J connectivity index is 3.61. The van der Waals surface area contributed by atoms with Crippen LogP contribution in [0.3, 0.4) is 0 Å². The minimum atomic E-state index is -0.778. The van der Waals surface area contributed by atoms with Gasteiger partial charge in [-0.25, -0.2) is 0 Å². The zero-order valence-corrected chi connectivity index (χ0v) is 37.7. The Hall–Kier alpha value is -3.70. The Kier molecular flexibility index (Phi) is 45.6. The molecule has 0 heterocycles. The van der Waals surface area contributed by atoms with Crippen LogP contribution in [0.4, 0.5) is 0 Å². The summed E-state index contributed by atoms with van der Waals surface area (Å²) in [5, 5.41) is 9.51. The van der Waals surface area contributed by atoms with Crippen molar-refractivity contribution in [3.05, 3.63) is 122 Å². The Labute approximate surface area is 363 Å². The fraction of sp³-hybridized carbons (Fsp3) is 0.593. The molecular weight excluding hydrogens is 729 g/mol. The van der Waals surface area contributed by atoms with Gasteiger partial charge in [0.05, 0.1) is 6.61 Å². The molecule has 1 N–H and O–H groups in total. The number of unbranched alkanes of at least 4 members (excludes halogenated alkanes) is 13. The third-order valence-electron chi connectivity index (χ3n) is 9.52. The lowest BCUT2D eigenvalue weighted by Gasteiger charge is -2.15. The van der Waals surface area contributed by atoms with Gasteiger partial charge in [0.25, 0.3) is 0 Å². The molecular formula is C54H86O5. The second-order valence-electron chi connectivity index (χ2n) is 15.1. The largest absolute Gasteiger partial charge is 0.462 e. The number of esters is 2. The summed E-state index contributed by atoms with van der Waals surface area (Å²) < 4.78 is 10.5. The van der Waals surface area contributed by atoms with E-state index in [0.717, 1.165) is 109 Å². The standard InChI is InChI=1S/C54H86O5/c1-3-5-7-9-11-12-13-14-15-16-17-18-19-20-21-22-23-24-25-26-27-28-29-30-31-32-33-34-35-36-37-38-39-40-41-42-43-45-47-49-54(57)59-52(50-55)51-58-53(56)48-46-44-10-8-6-4-2/h5,7,11-12,14-15,17-18,20-21,23-24,26-27,29-30,32-33,35-36,52,55H,3-4,6,8-10,13,16,19,22,25,28,31,34,37-51H2,1-2H3/b7-5-,12-11-,15-14-,18-17-,21-20-,24-23-,27-26-,30-29-,33-32-,36-35-. The van der Waals surface area contributed by atoms with Gasteiger partial charge in [0.15, 0.2) is 6.10 Å². The van der Waals surface area contributed by atoms with E-state index in [1.54, 1.807) is 0 Å². The quantitative estimate of drug-likeness (QED) is 0.0378. The van der Waals surface area contributed by atoms with Crippen LogP contribution >= 0.6 is 0 Å². The molecule has 0 saturated carbocycles. The minimum absolute atomic E-state index is 0.0750. The van der Waals surface area contributed by atoms with Crippen LogP contribution in [0.1, 0.15) is 187 Å². The van der Waals surface area contributed by atoms with Gasteiger partial charge in [0, 0.05) is 12.8 Å². The predicted molar refractivity (Wildman–Crippen MR) is 255 cm³/mol. The molecule has 0 fully saturated rings. The Morgan fingerprint density at radius 2 is 0.729 bits per heavy atom. The first-order chi connectivity index (χ1) is 29.1. The number of ether oxygens (including phenoxy) is 2. The van der Waals surface area contributed by atoms with Crippen molar-refractivity contribution in [2.45, 2.75) is 193 Å². The maximum atomic E-state index is 12.2. The molecule has 0 aromatic heterocycles. The third kappa shape index (κ3) is 46.9. The van der Waals surface area contributed by atoms with Crippen molar-refractivity contribution in [2.75, 3.05) is 13.2 Å². The van der Waals surface area contributed by atoms with E-state index in [1.807, 2.05) is 0 Å². The molecule has 332 valence electrons. The summed E-state index contributed by atoms with van der Waals surface area (Å²) in [5.74, 6) is -0.619. The molecule has 0 spiro atoms. The Morgan fingerprint density at radius 3 is 1.10 bits per heavy atom. The summed E-state index contributed by atoms with van der Waals surface area (Å²) in [6.45, 7) is 3.93.